The minimum atomic E-state index is -0.194. The number of carbonyl (C=O) groups excluding carboxylic acids is 2. The summed E-state index contributed by atoms with van der Waals surface area (Å²) in [5, 5.41) is 5.89. The first-order valence-corrected chi connectivity index (χ1v) is 11.0. The number of rotatable bonds is 9. The van der Waals surface area contributed by atoms with E-state index in [2.05, 4.69) is 22.8 Å². The summed E-state index contributed by atoms with van der Waals surface area (Å²) in [7, 11) is 3.39. The molecule has 2 aromatic rings. The fraction of sp³-hybridized carbons (Fsp3) is 0.440. The van der Waals surface area contributed by atoms with Gasteiger partial charge in [0.2, 0.25) is 5.91 Å². The number of carbonyl (C=O) groups is 2. The molecule has 1 saturated heterocycles. The zero-order valence-electron chi connectivity index (χ0n) is 18.9. The van der Waals surface area contributed by atoms with Crippen molar-refractivity contribution in [3.63, 3.8) is 0 Å². The molecule has 172 valence electrons. The third-order valence-corrected chi connectivity index (χ3v) is 6.01. The van der Waals surface area contributed by atoms with Gasteiger partial charge in [-0.3, -0.25) is 4.79 Å². The second kappa shape index (κ2) is 11.5. The lowest BCUT2D eigenvalue weighted by Gasteiger charge is -2.38. The van der Waals surface area contributed by atoms with Crippen LogP contribution in [0.15, 0.2) is 54.6 Å². The fourth-order valence-corrected chi connectivity index (χ4v) is 3.98. The standard InChI is InChI=1S/C25H33N3O4/c1-28(18-20-6-4-3-5-7-20)24(30)26-15-12-23(29)27-19-25(13-16-32-17-14-25)21-8-10-22(31-2)11-9-21/h3-11H,12-19H2,1-2H3,(H,26,30)(H,27,29). The summed E-state index contributed by atoms with van der Waals surface area (Å²) in [5.74, 6) is 0.739. The number of methoxy groups -OCH3 is 1. The van der Waals surface area contributed by atoms with Crippen molar-refractivity contribution in [2.45, 2.75) is 31.2 Å². The van der Waals surface area contributed by atoms with E-state index in [1.165, 1.54) is 5.56 Å². The van der Waals surface area contributed by atoms with Gasteiger partial charge in [0, 0.05) is 51.7 Å². The smallest absolute Gasteiger partial charge is 0.317 e. The van der Waals surface area contributed by atoms with E-state index in [1.807, 2.05) is 42.5 Å². The number of nitrogens with one attached hydrogen (secondary N) is 2. The molecule has 1 aliphatic heterocycles. The van der Waals surface area contributed by atoms with E-state index >= 15 is 0 Å². The van der Waals surface area contributed by atoms with Crippen molar-refractivity contribution in [1.29, 1.82) is 0 Å². The Bertz CT molecular complexity index is 865. The summed E-state index contributed by atoms with van der Waals surface area (Å²) in [4.78, 5) is 26.4. The first-order valence-electron chi connectivity index (χ1n) is 11.0. The summed E-state index contributed by atoms with van der Waals surface area (Å²) < 4.78 is 10.8. The number of benzene rings is 2. The predicted octanol–water partition coefficient (Wildman–Crippen LogP) is 3.09. The minimum absolute atomic E-state index is 0.0737. The van der Waals surface area contributed by atoms with Crippen LogP contribution < -0.4 is 15.4 Å². The van der Waals surface area contributed by atoms with Gasteiger partial charge in [0.1, 0.15) is 5.75 Å². The summed E-state index contributed by atoms with van der Waals surface area (Å²) in [6, 6.07) is 17.6. The molecule has 1 heterocycles. The molecule has 32 heavy (non-hydrogen) atoms. The van der Waals surface area contributed by atoms with Gasteiger partial charge in [-0.1, -0.05) is 42.5 Å². The lowest BCUT2D eigenvalue weighted by Crippen LogP contribution is -2.45. The van der Waals surface area contributed by atoms with Gasteiger partial charge in [-0.2, -0.15) is 0 Å². The van der Waals surface area contributed by atoms with Gasteiger partial charge in [-0.25, -0.2) is 4.79 Å². The Kier molecular flexibility index (Phi) is 8.50. The first-order chi connectivity index (χ1) is 15.5. The van der Waals surface area contributed by atoms with E-state index in [1.54, 1.807) is 19.1 Å². The molecule has 2 N–H and O–H groups in total. The highest BCUT2D eigenvalue weighted by Crippen LogP contribution is 2.35. The van der Waals surface area contributed by atoms with E-state index in [0.717, 1.165) is 24.2 Å². The molecule has 0 aliphatic carbocycles. The molecular weight excluding hydrogens is 406 g/mol. The number of nitrogens with zero attached hydrogens (tertiary/aromatic N) is 1. The Morgan fingerprint density at radius 3 is 2.38 bits per heavy atom. The van der Waals surface area contributed by atoms with Crippen LogP contribution in [0.2, 0.25) is 0 Å². The fourth-order valence-electron chi connectivity index (χ4n) is 3.98. The molecule has 0 radical (unpaired) electrons. The molecule has 0 atom stereocenters. The molecule has 2 aromatic carbocycles. The molecule has 1 fully saturated rings. The third-order valence-electron chi connectivity index (χ3n) is 6.01. The Balaban J connectivity index is 1.46. The van der Waals surface area contributed by atoms with Gasteiger partial charge in [0.05, 0.1) is 7.11 Å². The Hall–Kier alpha value is -3.06. The molecular formula is C25H33N3O4. The van der Waals surface area contributed by atoms with E-state index in [9.17, 15) is 9.59 Å². The van der Waals surface area contributed by atoms with Crippen LogP contribution in [0.25, 0.3) is 0 Å². The molecule has 0 spiro atoms. The lowest BCUT2D eigenvalue weighted by molar-refractivity contribution is -0.121. The van der Waals surface area contributed by atoms with Crippen LogP contribution in [0.4, 0.5) is 4.79 Å². The van der Waals surface area contributed by atoms with E-state index in [4.69, 9.17) is 9.47 Å². The Morgan fingerprint density at radius 2 is 1.72 bits per heavy atom. The zero-order chi connectivity index (χ0) is 22.8. The Morgan fingerprint density at radius 1 is 1.03 bits per heavy atom. The minimum Gasteiger partial charge on any atom is -0.497 e. The number of hydrogen-bond donors (Lipinski definition) is 2. The van der Waals surface area contributed by atoms with E-state index < -0.39 is 0 Å². The average molecular weight is 440 g/mol. The topological polar surface area (TPSA) is 79.9 Å². The molecule has 0 unspecified atom stereocenters. The molecule has 7 nitrogen and oxygen atoms in total. The molecule has 0 saturated carbocycles. The molecule has 3 rings (SSSR count). The average Bonchev–Trinajstić information content (AvgIpc) is 2.84. The number of amides is 3. The van der Waals surface area contributed by atoms with Crippen molar-refractivity contribution in [3.05, 3.63) is 65.7 Å². The van der Waals surface area contributed by atoms with Gasteiger partial charge in [-0.15, -0.1) is 0 Å². The van der Waals surface area contributed by atoms with Crippen LogP contribution >= 0.6 is 0 Å². The summed E-state index contributed by atoms with van der Waals surface area (Å²) in [6.45, 7) is 2.70. The number of urea groups is 1. The quantitative estimate of drug-likeness (QED) is 0.629. The molecule has 3 amide bonds. The second-order valence-corrected chi connectivity index (χ2v) is 8.22. The lowest BCUT2D eigenvalue weighted by atomic mass is 9.74. The SMILES string of the molecule is COc1ccc(C2(CNC(=O)CCNC(=O)N(C)Cc3ccccc3)CCOCC2)cc1. The maximum absolute atomic E-state index is 12.5. The van der Waals surface area contributed by atoms with Crippen LogP contribution in [-0.2, 0) is 21.5 Å². The summed E-state index contributed by atoms with van der Waals surface area (Å²) in [6.07, 6.45) is 1.93. The predicted molar refractivity (Wildman–Crippen MR) is 124 cm³/mol. The van der Waals surface area contributed by atoms with Gasteiger partial charge in [0.15, 0.2) is 0 Å². The number of hydrogen-bond acceptors (Lipinski definition) is 4. The highest BCUT2D eigenvalue weighted by Gasteiger charge is 2.34. The molecule has 1 aliphatic rings. The van der Waals surface area contributed by atoms with E-state index in [0.29, 0.717) is 32.8 Å². The highest BCUT2D eigenvalue weighted by atomic mass is 16.5. The monoisotopic (exact) mass is 439 g/mol. The van der Waals surface area contributed by atoms with Crippen LogP contribution in [0, 0.1) is 0 Å². The van der Waals surface area contributed by atoms with Crippen molar-refractivity contribution >= 4 is 11.9 Å². The highest BCUT2D eigenvalue weighted by molar-refractivity contribution is 5.78. The third kappa shape index (κ3) is 6.47. The van der Waals surface area contributed by atoms with Gasteiger partial charge >= 0.3 is 6.03 Å². The van der Waals surface area contributed by atoms with Crippen molar-refractivity contribution < 1.29 is 19.1 Å². The van der Waals surface area contributed by atoms with Crippen molar-refractivity contribution in [2.75, 3.05) is 40.5 Å². The van der Waals surface area contributed by atoms with Crippen LogP contribution in [0.1, 0.15) is 30.4 Å². The van der Waals surface area contributed by atoms with Crippen LogP contribution in [-0.4, -0.2) is 57.3 Å². The van der Waals surface area contributed by atoms with Crippen molar-refractivity contribution in [1.82, 2.24) is 15.5 Å². The molecule has 0 aromatic heterocycles. The Labute approximate surface area is 190 Å². The molecule has 7 heteroatoms. The summed E-state index contributed by atoms with van der Waals surface area (Å²) >= 11 is 0. The first kappa shape index (κ1) is 23.6. The van der Waals surface area contributed by atoms with Crippen molar-refractivity contribution in [3.8, 4) is 5.75 Å². The van der Waals surface area contributed by atoms with E-state index in [-0.39, 0.29) is 23.8 Å². The van der Waals surface area contributed by atoms with Gasteiger partial charge in [0.25, 0.3) is 0 Å². The second-order valence-electron chi connectivity index (χ2n) is 8.22. The maximum Gasteiger partial charge on any atom is 0.317 e. The van der Waals surface area contributed by atoms with Gasteiger partial charge < -0.3 is 25.0 Å². The largest absolute Gasteiger partial charge is 0.497 e. The van der Waals surface area contributed by atoms with Gasteiger partial charge in [-0.05, 0) is 36.1 Å². The van der Waals surface area contributed by atoms with Crippen LogP contribution in [0.3, 0.4) is 0 Å². The number of ether oxygens (including phenoxy) is 2. The van der Waals surface area contributed by atoms with Crippen molar-refractivity contribution in [2.24, 2.45) is 0 Å². The van der Waals surface area contributed by atoms with Crippen LogP contribution in [0.5, 0.6) is 5.75 Å². The molecule has 0 bridgehead atoms. The summed E-state index contributed by atoms with van der Waals surface area (Å²) in [5.41, 5.74) is 2.08. The zero-order valence-corrected chi connectivity index (χ0v) is 18.9. The normalized spacial score (nSPS) is 14.9. The maximum atomic E-state index is 12.5.